The van der Waals surface area contributed by atoms with Gasteiger partial charge >= 0.3 is 5.69 Å². The highest BCUT2D eigenvalue weighted by molar-refractivity contribution is 6.23. The zero-order valence-electron chi connectivity index (χ0n) is 17.0. The smallest absolute Gasteiger partial charge is 0.313 e. The number of hydrogen-bond acceptors (Lipinski definition) is 11. The number of rotatable bonds is 2. The van der Waals surface area contributed by atoms with Crippen LogP contribution in [0.1, 0.15) is 30.4 Å². The van der Waals surface area contributed by atoms with E-state index in [0.29, 0.717) is 0 Å². The molecule has 1 amide bonds. The van der Waals surface area contributed by atoms with Crippen molar-refractivity contribution in [2.75, 3.05) is 5.73 Å². The van der Waals surface area contributed by atoms with E-state index < -0.39 is 97.9 Å². The van der Waals surface area contributed by atoms with Crippen LogP contribution < -0.4 is 11.5 Å². The molecule has 4 rings (SSSR count). The van der Waals surface area contributed by atoms with Crippen molar-refractivity contribution in [3.8, 4) is 5.75 Å². The van der Waals surface area contributed by atoms with Crippen LogP contribution in [0.5, 0.6) is 5.75 Å². The van der Waals surface area contributed by atoms with Gasteiger partial charge in [-0.2, -0.15) is 0 Å². The molecule has 0 aromatic heterocycles. The molecular formula is C20H19N3O10. The van der Waals surface area contributed by atoms with Gasteiger partial charge in [-0.3, -0.25) is 24.5 Å². The minimum Gasteiger partial charge on any atom is -0.508 e. The molecule has 0 heterocycles. The monoisotopic (exact) mass is 461 g/mol. The minimum atomic E-state index is -2.99. The summed E-state index contributed by atoms with van der Waals surface area (Å²) in [4.78, 5) is 47.8. The van der Waals surface area contributed by atoms with Crippen molar-refractivity contribution in [3.05, 3.63) is 44.2 Å². The highest BCUT2D eigenvalue weighted by atomic mass is 16.6. The van der Waals surface area contributed by atoms with Crippen molar-refractivity contribution in [2.24, 2.45) is 17.6 Å². The zero-order valence-corrected chi connectivity index (χ0v) is 17.0. The number of aromatic hydroxyl groups is 1. The van der Waals surface area contributed by atoms with E-state index in [1.54, 1.807) is 0 Å². The van der Waals surface area contributed by atoms with Crippen LogP contribution in [-0.2, 0) is 14.4 Å². The van der Waals surface area contributed by atoms with Gasteiger partial charge < -0.3 is 37.0 Å². The van der Waals surface area contributed by atoms with Crippen molar-refractivity contribution < 1.29 is 44.8 Å². The predicted molar refractivity (Wildman–Crippen MR) is 109 cm³/mol. The normalized spacial score (nSPS) is 31.1. The Morgan fingerprint density at radius 2 is 1.88 bits per heavy atom. The number of anilines is 1. The SMILES string of the molecule is C[C@H]1c2c(N)cc([N+](=O)[O-])c(O)c2C(O)=C2C(=O)[C@]3(O)C(O)=C(C(N)=O)C(=O)C[C@@H]3[C@@H](O)[C@@H]21. The van der Waals surface area contributed by atoms with Crippen LogP contribution in [0.4, 0.5) is 11.4 Å². The number of benzene rings is 1. The van der Waals surface area contributed by atoms with Crippen molar-refractivity contribution in [1.29, 1.82) is 0 Å². The Morgan fingerprint density at radius 3 is 2.42 bits per heavy atom. The summed E-state index contributed by atoms with van der Waals surface area (Å²) >= 11 is 0. The Morgan fingerprint density at radius 1 is 1.27 bits per heavy atom. The number of nitrogens with zero attached hydrogens (tertiary/aromatic N) is 1. The molecule has 0 spiro atoms. The number of Topliss-reactive ketones (excluding diaryl/α,β-unsaturated/α-hetero) is 2. The van der Waals surface area contributed by atoms with Gasteiger partial charge in [-0.05, 0) is 11.5 Å². The fourth-order valence-electron chi connectivity index (χ4n) is 5.31. The number of aliphatic hydroxyl groups excluding tert-OH is 3. The zero-order chi connectivity index (χ0) is 24.7. The lowest BCUT2D eigenvalue weighted by atomic mass is 9.55. The van der Waals surface area contributed by atoms with Crippen LogP contribution in [0, 0.1) is 22.0 Å². The van der Waals surface area contributed by atoms with Gasteiger partial charge in [0.15, 0.2) is 11.4 Å². The number of phenols is 1. The first kappa shape index (κ1) is 22.2. The van der Waals surface area contributed by atoms with Gasteiger partial charge in [0, 0.05) is 35.6 Å². The summed E-state index contributed by atoms with van der Waals surface area (Å²) in [5, 5.41) is 65.5. The number of carbonyl (C=O) groups is 3. The molecule has 0 aliphatic heterocycles. The van der Waals surface area contributed by atoms with Gasteiger partial charge in [-0.15, -0.1) is 0 Å². The summed E-state index contributed by atoms with van der Waals surface area (Å²) in [6.07, 6.45) is -2.43. The number of amides is 1. The summed E-state index contributed by atoms with van der Waals surface area (Å²) < 4.78 is 0. The summed E-state index contributed by atoms with van der Waals surface area (Å²) in [5.41, 5.74) is 4.81. The molecule has 1 aromatic carbocycles. The average Bonchev–Trinajstić information content (AvgIpc) is 2.72. The number of aliphatic hydroxyl groups is 4. The second-order valence-corrected chi connectivity index (χ2v) is 8.36. The third kappa shape index (κ3) is 2.57. The van der Waals surface area contributed by atoms with Crippen molar-refractivity contribution >= 4 is 34.6 Å². The first-order valence-corrected chi connectivity index (χ1v) is 9.71. The van der Waals surface area contributed by atoms with E-state index in [1.807, 2.05) is 0 Å². The molecule has 5 atom stereocenters. The lowest BCUT2D eigenvalue weighted by Crippen LogP contribution is -2.63. The minimum absolute atomic E-state index is 0.0152. The standard InChI is InChI=1S/C20H19N3O10/c1-4-9-6(21)3-7(23(32)33)15(26)12(9)16(27)13-10(4)14(25)5-2-8(24)11(19(22)30)17(28)20(5,31)18(13)29/h3-5,10,14,25-28,31H,2,21H2,1H3,(H2,22,30)/t4-,5+,10+,14+,20+/m0/s1. The number of ketones is 2. The largest absolute Gasteiger partial charge is 0.508 e. The molecule has 174 valence electrons. The van der Waals surface area contributed by atoms with Gasteiger partial charge in [-0.1, -0.05) is 6.92 Å². The van der Waals surface area contributed by atoms with Crippen LogP contribution in [0.3, 0.4) is 0 Å². The fourth-order valence-corrected chi connectivity index (χ4v) is 5.31. The molecular weight excluding hydrogens is 442 g/mol. The summed E-state index contributed by atoms with van der Waals surface area (Å²) in [6.45, 7) is 1.47. The highest BCUT2D eigenvalue weighted by Crippen LogP contribution is 2.57. The average molecular weight is 461 g/mol. The molecule has 13 heteroatoms. The molecule has 0 unspecified atom stereocenters. The number of primary amides is 1. The molecule has 33 heavy (non-hydrogen) atoms. The number of fused-ring (bicyclic) bond motifs is 3. The first-order valence-electron chi connectivity index (χ1n) is 9.71. The van der Waals surface area contributed by atoms with E-state index in [1.165, 1.54) is 6.92 Å². The summed E-state index contributed by atoms with van der Waals surface area (Å²) in [7, 11) is 0. The number of nitro benzene ring substituents is 1. The molecule has 1 fully saturated rings. The summed E-state index contributed by atoms with van der Waals surface area (Å²) in [5.74, 6) is -10.9. The maximum absolute atomic E-state index is 13.4. The number of phenolic OH excluding ortho intramolecular Hbond substituents is 1. The van der Waals surface area contributed by atoms with Crippen molar-refractivity contribution in [2.45, 2.75) is 31.0 Å². The highest BCUT2D eigenvalue weighted by Gasteiger charge is 2.65. The van der Waals surface area contributed by atoms with Crippen LogP contribution in [0.15, 0.2) is 23.0 Å². The van der Waals surface area contributed by atoms with Crippen LogP contribution in [0.2, 0.25) is 0 Å². The molecule has 13 nitrogen and oxygen atoms in total. The Hall–Kier alpha value is -3.97. The number of hydrogen-bond donors (Lipinski definition) is 7. The second kappa shape index (κ2) is 6.76. The van der Waals surface area contributed by atoms with Crippen LogP contribution in [0.25, 0.3) is 5.76 Å². The van der Waals surface area contributed by atoms with Gasteiger partial charge in [0.1, 0.15) is 17.1 Å². The number of carbonyl (C=O) groups excluding carboxylic acids is 3. The Kier molecular flexibility index (Phi) is 4.56. The summed E-state index contributed by atoms with van der Waals surface area (Å²) in [6, 6.07) is 0.869. The maximum Gasteiger partial charge on any atom is 0.313 e. The Bertz CT molecular complexity index is 1250. The van der Waals surface area contributed by atoms with E-state index in [4.69, 9.17) is 11.5 Å². The number of nitrogen functional groups attached to an aromatic ring is 1. The molecule has 0 radical (unpaired) electrons. The molecule has 0 bridgehead atoms. The fraction of sp³-hybridized carbons (Fsp3) is 0.350. The third-order valence-electron chi connectivity index (χ3n) is 6.80. The second-order valence-electron chi connectivity index (χ2n) is 8.36. The lowest BCUT2D eigenvalue weighted by molar-refractivity contribution is -0.385. The van der Waals surface area contributed by atoms with Crippen molar-refractivity contribution in [1.82, 2.24) is 0 Å². The maximum atomic E-state index is 13.4. The van der Waals surface area contributed by atoms with Gasteiger partial charge in [0.2, 0.25) is 11.5 Å². The van der Waals surface area contributed by atoms with E-state index in [9.17, 15) is 50.0 Å². The predicted octanol–water partition coefficient (Wildman–Crippen LogP) is -0.554. The van der Waals surface area contributed by atoms with Gasteiger partial charge in [-0.25, -0.2) is 0 Å². The number of nitro groups is 1. The van der Waals surface area contributed by atoms with Crippen molar-refractivity contribution in [3.63, 3.8) is 0 Å². The van der Waals surface area contributed by atoms with Crippen LogP contribution >= 0.6 is 0 Å². The Balaban J connectivity index is 2.06. The van der Waals surface area contributed by atoms with E-state index in [-0.39, 0.29) is 11.3 Å². The first-order chi connectivity index (χ1) is 15.3. The molecule has 9 N–H and O–H groups in total. The molecule has 1 aromatic rings. The quantitative estimate of drug-likeness (QED) is 0.0967. The molecule has 3 aliphatic carbocycles. The van der Waals surface area contributed by atoms with E-state index in [0.717, 1.165) is 6.07 Å². The van der Waals surface area contributed by atoms with Crippen LogP contribution in [-0.4, -0.2) is 59.6 Å². The third-order valence-corrected chi connectivity index (χ3v) is 6.80. The van der Waals surface area contributed by atoms with Gasteiger partial charge in [0.25, 0.3) is 5.91 Å². The van der Waals surface area contributed by atoms with Gasteiger partial charge in [0.05, 0.1) is 16.6 Å². The topological polar surface area (TPSA) is 248 Å². The number of nitrogens with two attached hydrogens (primary N) is 2. The molecule has 1 saturated carbocycles. The molecule has 3 aliphatic rings. The lowest BCUT2D eigenvalue weighted by Gasteiger charge is -2.50. The Labute approximate surface area is 184 Å². The van der Waals surface area contributed by atoms with E-state index in [2.05, 4.69) is 0 Å². The van der Waals surface area contributed by atoms with E-state index >= 15 is 0 Å². The molecule has 0 saturated heterocycles.